The predicted octanol–water partition coefficient (Wildman–Crippen LogP) is 4.09. The van der Waals surface area contributed by atoms with Gasteiger partial charge in [-0.05, 0) is 42.3 Å². The van der Waals surface area contributed by atoms with Crippen molar-refractivity contribution in [3.8, 4) is 5.69 Å². The van der Waals surface area contributed by atoms with Crippen LogP contribution in [0.3, 0.4) is 0 Å². The summed E-state index contributed by atoms with van der Waals surface area (Å²) in [6.45, 7) is 4.18. The summed E-state index contributed by atoms with van der Waals surface area (Å²) >= 11 is 11.9. The second kappa shape index (κ2) is 5.07. The largest absolute Gasteiger partial charge is 0.225 e. The van der Waals surface area contributed by atoms with Crippen molar-refractivity contribution in [1.29, 1.82) is 0 Å². The minimum Gasteiger partial charge on any atom is -0.203 e. The van der Waals surface area contributed by atoms with Crippen LogP contribution in [0.2, 0.25) is 10.3 Å². The van der Waals surface area contributed by atoms with Gasteiger partial charge in [0, 0.05) is 10.9 Å². The van der Waals surface area contributed by atoms with E-state index >= 15 is 0 Å². The van der Waals surface area contributed by atoms with Gasteiger partial charge in [-0.3, -0.25) is 0 Å². The van der Waals surface area contributed by atoms with Crippen molar-refractivity contribution in [3.63, 3.8) is 0 Å². The molecule has 2 aromatic rings. The molecule has 0 saturated heterocycles. The van der Waals surface area contributed by atoms with E-state index in [0.29, 0.717) is 16.2 Å². The summed E-state index contributed by atoms with van der Waals surface area (Å²) in [5.41, 5.74) is 0.862. The Morgan fingerprint density at radius 3 is 2.47 bits per heavy atom. The number of halogens is 2. The second-order valence-electron chi connectivity index (χ2n) is 3.94. The minimum absolute atomic E-state index is 0.307. The van der Waals surface area contributed by atoms with Gasteiger partial charge in [0.1, 0.15) is 0 Å². The molecule has 1 aromatic carbocycles. The Labute approximate surface area is 110 Å². The third kappa shape index (κ3) is 2.61. The average Bonchev–Trinajstić information content (AvgIpc) is 2.71. The molecular weight excluding hydrogens is 257 g/mol. The molecule has 0 N–H and O–H groups in total. The molecule has 0 radical (unpaired) electrons. The van der Waals surface area contributed by atoms with E-state index < -0.39 is 0 Å². The summed E-state index contributed by atoms with van der Waals surface area (Å²) in [6.07, 6.45) is 0.987. The highest BCUT2D eigenvalue weighted by molar-refractivity contribution is 6.30. The summed E-state index contributed by atoms with van der Waals surface area (Å²) in [4.78, 5) is 4.26. The molecule has 2 rings (SSSR count). The van der Waals surface area contributed by atoms with Crippen LogP contribution in [0.1, 0.15) is 32.0 Å². The first-order chi connectivity index (χ1) is 8.11. The van der Waals surface area contributed by atoms with Gasteiger partial charge in [-0.1, -0.05) is 25.4 Å². The van der Waals surface area contributed by atoms with Gasteiger partial charge in [0.15, 0.2) is 5.82 Å². The first-order valence-electron chi connectivity index (χ1n) is 5.50. The van der Waals surface area contributed by atoms with Crippen molar-refractivity contribution < 1.29 is 0 Å². The molecule has 1 heterocycles. The monoisotopic (exact) mass is 269 g/mol. The van der Waals surface area contributed by atoms with E-state index in [4.69, 9.17) is 23.2 Å². The Morgan fingerprint density at radius 2 is 1.88 bits per heavy atom. The molecule has 5 heteroatoms. The molecule has 1 aromatic heterocycles. The lowest BCUT2D eigenvalue weighted by Gasteiger charge is -2.02. The van der Waals surface area contributed by atoms with Crippen molar-refractivity contribution in [2.75, 3.05) is 0 Å². The van der Waals surface area contributed by atoms with E-state index in [1.165, 1.54) is 0 Å². The molecule has 3 nitrogen and oxygen atoms in total. The zero-order chi connectivity index (χ0) is 12.4. The maximum absolute atomic E-state index is 6.08. The van der Waals surface area contributed by atoms with E-state index in [0.717, 1.165) is 17.9 Å². The van der Waals surface area contributed by atoms with E-state index in [9.17, 15) is 0 Å². The topological polar surface area (TPSA) is 30.7 Å². The molecule has 1 unspecified atom stereocenters. The van der Waals surface area contributed by atoms with E-state index in [1.807, 2.05) is 12.1 Å². The van der Waals surface area contributed by atoms with Crippen LogP contribution in [0.25, 0.3) is 5.69 Å². The maximum Gasteiger partial charge on any atom is 0.225 e. The predicted molar refractivity (Wildman–Crippen MR) is 70.1 cm³/mol. The lowest BCUT2D eigenvalue weighted by molar-refractivity contribution is 0.672. The van der Waals surface area contributed by atoms with Gasteiger partial charge in [-0.2, -0.15) is 0 Å². The summed E-state index contributed by atoms with van der Waals surface area (Å²) < 4.78 is 1.62. The number of benzene rings is 1. The number of aromatic nitrogens is 3. The van der Waals surface area contributed by atoms with E-state index in [1.54, 1.807) is 16.8 Å². The SMILES string of the molecule is CCC(C)c1nc(Cl)n(-c2ccc(Cl)cc2)n1. The Kier molecular flexibility index (Phi) is 3.69. The van der Waals surface area contributed by atoms with E-state index in [-0.39, 0.29) is 0 Å². The van der Waals surface area contributed by atoms with E-state index in [2.05, 4.69) is 23.9 Å². The van der Waals surface area contributed by atoms with Gasteiger partial charge in [0.25, 0.3) is 0 Å². The summed E-state index contributed by atoms with van der Waals surface area (Å²) in [5.74, 6) is 1.08. The first-order valence-corrected chi connectivity index (χ1v) is 6.25. The molecule has 0 saturated carbocycles. The lowest BCUT2D eigenvalue weighted by Crippen LogP contribution is -1.99. The molecule has 17 heavy (non-hydrogen) atoms. The van der Waals surface area contributed by atoms with Gasteiger partial charge in [0.05, 0.1) is 5.69 Å². The van der Waals surface area contributed by atoms with Crippen LogP contribution >= 0.6 is 23.2 Å². The quantitative estimate of drug-likeness (QED) is 0.841. The highest BCUT2D eigenvalue weighted by Crippen LogP contribution is 2.21. The molecule has 0 amide bonds. The van der Waals surface area contributed by atoms with Crippen LogP contribution in [0, 0.1) is 0 Å². The minimum atomic E-state index is 0.307. The zero-order valence-electron chi connectivity index (χ0n) is 9.69. The molecule has 90 valence electrons. The summed E-state index contributed by atoms with van der Waals surface area (Å²) in [6, 6.07) is 7.34. The Balaban J connectivity index is 2.39. The Morgan fingerprint density at radius 1 is 1.24 bits per heavy atom. The fourth-order valence-corrected chi connectivity index (χ4v) is 1.79. The van der Waals surface area contributed by atoms with Gasteiger partial charge in [-0.15, -0.1) is 5.10 Å². The van der Waals surface area contributed by atoms with Crippen molar-refractivity contribution in [3.05, 3.63) is 40.4 Å². The van der Waals surface area contributed by atoms with Gasteiger partial charge >= 0.3 is 0 Å². The van der Waals surface area contributed by atoms with Crippen molar-refractivity contribution in [2.45, 2.75) is 26.2 Å². The molecule has 0 aliphatic heterocycles. The molecular formula is C12H13Cl2N3. The molecule has 0 aliphatic carbocycles. The summed E-state index contributed by atoms with van der Waals surface area (Å²) in [5, 5.41) is 5.48. The van der Waals surface area contributed by atoms with Crippen LogP contribution in [-0.4, -0.2) is 14.8 Å². The standard InChI is InChI=1S/C12H13Cl2N3/c1-3-8(2)11-15-12(14)17(16-11)10-6-4-9(13)5-7-10/h4-8H,3H2,1-2H3. The third-order valence-corrected chi connectivity index (χ3v) is 3.20. The van der Waals surface area contributed by atoms with Crippen LogP contribution < -0.4 is 0 Å². The van der Waals surface area contributed by atoms with Crippen molar-refractivity contribution in [2.24, 2.45) is 0 Å². The zero-order valence-corrected chi connectivity index (χ0v) is 11.2. The fraction of sp³-hybridized carbons (Fsp3) is 0.333. The Bertz CT molecular complexity index is 505. The highest BCUT2D eigenvalue weighted by Gasteiger charge is 2.13. The molecule has 1 atom stereocenters. The van der Waals surface area contributed by atoms with Gasteiger partial charge in [-0.25, -0.2) is 9.67 Å². The number of hydrogen-bond acceptors (Lipinski definition) is 2. The molecule has 0 bridgehead atoms. The fourth-order valence-electron chi connectivity index (χ4n) is 1.45. The number of hydrogen-bond donors (Lipinski definition) is 0. The highest BCUT2D eigenvalue weighted by atomic mass is 35.5. The van der Waals surface area contributed by atoms with Crippen LogP contribution in [0.15, 0.2) is 24.3 Å². The number of nitrogens with zero attached hydrogens (tertiary/aromatic N) is 3. The summed E-state index contributed by atoms with van der Waals surface area (Å²) in [7, 11) is 0. The third-order valence-electron chi connectivity index (χ3n) is 2.71. The van der Waals surface area contributed by atoms with Crippen molar-refractivity contribution in [1.82, 2.24) is 14.8 Å². The maximum atomic E-state index is 6.08. The van der Waals surface area contributed by atoms with Crippen LogP contribution in [0.5, 0.6) is 0 Å². The first kappa shape index (κ1) is 12.4. The molecule has 0 fully saturated rings. The smallest absolute Gasteiger partial charge is 0.203 e. The van der Waals surface area contributed by atoms with Crippen molar-refractivity contribution >= 4 is 23.2 Å². The second-order valence-corrected chi connectivity index (χ2v) is 4.71. The average molecular weight is 270 g/mol. The van der Waals surface area contributed by atoms with Crippen LogP contribution in [0.4, 0.5) is 0 Å². The van der Waals surface area contributed by atoms with Gasteiger partial charge in [0.2, 0.25) is 5.28 Å². The molecule has 0 spiro atoms. The Hall–Kier alpha value is -1.06. The number of rotatable bonds is 3. The lowest BCUT2D eigenvalue weighted by atomic mass is 10.1. The normalized spacial score (nSPS) is 12.7. The van der Waals surface area contributed by atoms with Crippen LogP contribution in [-0.2, 0) is 0 Å². The van der Waals surface area contributed by atoms with Gasteiger partial charge < -0.3 is 0 Å². The molecule has 0 aliphatic rings.